The van der Waals surface area contributed by atoms with Gasteiger partial charge in [0.1, 0.15) is 17.5 Å². The van der Waals surface area contributed by atoms with E-state index in [0.717, 1.165) is 11.1 Å². The average molecular weight is 405 g/mol. The summed E-state index contributed by atoms with van der Waals surface area (Å²) in [6.45, 7) is 3.03. The van der Waals surface area contributed by atoms with Crippen molar-refractivity contribution in [3.63, 3.8) is 0 Å². The second-order valence-corrected chi connectivity index (χ2v) is 6.98. The Bertz CT molecular complexity index is 1280. The van der Waals surface area contributed by atoms with Gasteiger partial charge in [0, 0.05) is 12.1 Å². The van der Waals surface area contributed by atoms with Gasteiger partial charge in [-0.15, -0.1) is 0 Å². The van der Waals surface area contributed by atoms with Gasteiger partial charge >= 0.3 is 0 Å². The summed E-state index contributed by atoms with van der Waals surface area (Å²) in [5.41, 5.74) is 2.69. The van der Waals surface area contributed by atoms with Crippen molar-refractivity contribution in [2.24, 2.45) is 0 Å². The fourth-order valence-corrected chi connectivity index (χ4v) is 3.25. The van der Waals surface area contributed by atoms with Crippen molar-refractivity contribution in [1.29, 1.82) is 0 Å². The Balaban J connectivity index is 1.47. The monoisotopic (exact) mass is 405 g/mol. The number of aryl methyl sites for hydroxylation is 1. The largest absolute Gasteiger partial charge is 0.350 e. The smallest absolute Gasteiger partial charge is 0.264 e. The first kappa shape index (κ1) is 19.5. The van der Waals surface area contributed by atoms with Gasteiger partial charge < -0.3 is 5.32 Å². The maximum absolute atomic E-state index is 13.2. The minimum Gasteiger partial charge on any atom is -0.350 e. The van der Waals surface area contributed by atoms with Gasteiger partial charge in [-0.25, -0.2) is 14.1 Å². The molecule has 0 fully saturated rings. The number of nitrogens with one attached hydrogen (secondary N) is 1. The maximum atomic E-state index is 13.2. The molecule has 4 rings (SSSR count). The lowest BCUT2D eigenvalue weighted by Crippen LogP contribution is -2.28. The van der Waals surface area contributed by atoms with Crippen LogP contribution in [0.2, 0.25) is 0 Å². The standard InChI is InChI=1S/C22H20FN5O2/c1-15-5-2-3-6-17(15)13-27-14-25-20-19(22(27)30)12-26-28(20)10-9-24-21(29)16-7-4-8-18(23)11-16/h2-8,11-12,14H,9-10,13H2,1H3,(H,24,29). The molecule has 0 bridgehead atoms. The zero-order valence-electron chi connectivity index (χ0n) is 16.4. The summed E-state index contributed by atoms with van der Waals surface area (Å²) in [6, 6.07) is 13.4. The molecule has 1 amide bonds. The van der Waals surface area contributed by atoms with Crippen LogP contribution >= 0.6 is 0 Å². The Morgan fingerprint density at radius 3 is 2.80 bits per heavy atom. The molecule has 4 aromatic rings. The molecular formula is C22H20FN5O2. The molecule has 2 heterocycles. The maximum Gasteiger partial charge on any atom is 0.264 e. The average Bonchev–Trinajstić information content (AvgIpc) is 3.15. The number of carbonyl (C=O) groups excluding carboxylic acids is 1. The van der Waals surface area contributed by atoms with Gasteiger partial charge in [0.15, 0.2) is 5.65 Å². The van der Waals surface area contributed by atoms with Crippen LogP contribution in [0.1, 0.15) is 21.5 Å². The molecule has 0 radical (unpaired) electrons. The van der Waals surface area contributed by atoms with Crippen molar-refractivity contribution >= 4 is 16.9 Å². The van der Waals surface area contributed by atoms with Gasteiger partial charge in [-0.1, -0.05) is 30.3 Å². The quantitative estimate of drug-likeness (QED) is 0.534. The van der Waals surface area contributed by atoms with E-state index in [1.807, 2.05) is 31.2 Å². The molecule has 2 aromatic carbocycles. The first-order chi connectivity index (χ1) is 14.5. The fourth-order valence-electron chi connectivity index (χ4n) is 3.25. The molecule has 0 aliphatic carbocycles. The normalized spacial score (nSPS) is 11.0. The molecule has 1 N–H and O–H groups in total. The zero-order chi connectivity index (χ0) is 21.1. The highest BCUT2D eigenvalue weighted by Gasteiger charge is 2.12. The number of benzene rings is 2. The van der Waals surface area contributed by atoms with Crippen LogP contribution in [-0.2, 0) is 13.1 Å². The molecular weight excluding hydrogens is 385 g/mol. The minimum absolute atomic E-state index is 0.168. The molecule has 0 atom stereocenters. The summed E-state index contributed by atoms with van der Waals surface area (Å²) in [6.07, 6.45) is 3.01. The Morgan fingerprint density at radius 2 is 2.00 bits per heavy atom. The predicted octanol–water partition coefficient (Wildman–Crippen LogP) is 2.52. The third kappa shape index (κ3) is 3.98. The number of hydrogen-bond donors (Lipinski definition) is 1. The van der Waals surface area contributed by atoms with Crippen LogP contribution in [0.5, 0.6) is 0 Å². The second-order valence-electron chi connectivity index (χ2n) is 6.98. The van der Waals surface area contributed by atoms with Crippen LogP contribution in [0.4, 0.5) is 4.39 Å². The minimum atomic E-state index is -0.466. The molecule has 8 heteroatoms. The number of halogens is 1. The second kappa shape index (κ2) is 8.28. The van der Waals surface area contributed by atoms with E-state index in [9.17, 15) is 14.0 Å². The summed E-state index contributed by atoms with van der Waals surface area (Å²) in [7, 11) is 0. The molecule has 7 nitrogen and oxygen atoms in total. The fraction of sp³-hybridized carbons (Fsp3) is 0.182. The molecule has 152 valence electrons. The van der Waals surface area contributed by atoms with Gasteiger partial charge in [0.25, 0.3) is 11.5 Å². The Kier molecular flexibility index (Phi) is 5.38. The molecule has 0 unspecified atom stereocenters. The van der Waals surface area contributed by atoms with Gasteiger partial charge in [-0.3, -0.25) is 14.2 Å². The van der Waals surface area contributed by atoms with Gasteiger partial charge in [-0.05, 0) is 36.2 Å². The van der Waals surface area contributed by atoms with Crippen molar-refractivity contribution in [1.82, 2.24) is 24.6 Å². The van der Waals surface area contributed by atoms with Crippen LogP contribution in [0.25, 0.3) is 11.0 Å². The Hall–Kier alpha value is -3.81. The van der Waals surface area contributed by atoms with E-state index in [-0.39, 0.29) is 23.6 Å². The van der Waals surface area contributed by atoms with Gasteiger partial charge in [-0.2, -0.15) is 5.10 Å². The molecule has 30 heavy (non-hydrogen) atoms. The van der Waals surface area contributed by atoms with Crippen LogP contribution < -0.4 is 10.9 Å². The van der Waals surface area contributed by atoms with Crippen molar-refractivity contribution in [2.75, 3.05) is 6.54 Å². The van der Waals surface area contributed by atoms with E-state index in [1.165, 1.54) is 30.7 Å². The highest BCUT2D eigenvalue weighted by Crippen LogP contribution is 2.10. The SMILES string of the molecule is Cc1ccccc1Cn1cnc2c(cnn2CCNC(=O)c2cccc(F)c2)c1=O. The number of rotatable bonds is 6. The third-order valence-electron chi connectivity index (χ3n) is 4.92. The van der Waals surface area contributed by atoms with Gasteiger partial charge in [0.05, 0.1) is 19.3 Å². The van der Waals surface area contributed by atoms with Crippen LogP contribution in [0.3, 0.4) is 0 Å². The summed E-state index contributed by atoms with van der Waals surface area (Å²) in [4.78, 5) is 29.3. The molecule has 0 saturated carbocycles. The van der Waals surface area contributed by atoms with Crippen LogP contribution in [0.15, 0.2) is 65.8 Å². The Morgan fingerprint density at radius 1 is 1.17 bits per heavy atom. The van der Waals surface area contributed by atoms with E-state index >= 15 is 0 Å². The van der Waals surface area contributed by atoms with Gasteiger partial charge in [0.2, 0.25) is 0 Å². The topological polar surface area (TPSA) is 81.8 Å². The number of amides is 1. The lowest BCUT2D eigenvalue weighted by atomic mass is 10.1. The molecule has 0 aliphatic heterocycles. The third-order valence-corrected chi connectivity index (χ3v) is 4.92. The van der Waals surface area contributed by atoms with Crippen molar-refractivity contribution in [3.05, 3.63) is 93.9 Å². The number of nitrogens with zero attached hydrogens (tertiary/aromatic N) is 4. The molecule has 0 spiro atoms. The predicted molar refractivity (Wildman–Crippen MR) is 111 cm³/mol. The van der Waals surface area contributed by atoms with E-state index in [4.69, 9.17) is 0 Å². The Labute approximate surface area is 171 Å². The van der Waals surface area contributed by atoms with E-state index < -0.39 is 5.82 Å². The number of carbonyl (C=O) groups is 1. The van der Waals surface area contributed by atoms with Crippen molar-refractivity contribution in [2.45, 2.75) is 20.0 Å². The summed E-state index contributed by atoms with van der Waals surface area (Å²) in [5, 5.41) is 7.37. The lowest BCUT2D eigenvalue weighted by Gasteiger charge is -2.09. The first-order valence-corrected chi connectivity index (χ1v) is 9.52. The molecule has 0 aliphatic rings. The summed E-state index contributed by atoms with van der Waals surface area (Å²) in [5.74, 6) is -0.841. The van der Waals surface area contributed by atoms with E-state index in [0.29, 0.717) is 24.1 Å². The first-order valence-electron chi connectivity index (χ1n) is 9.52. The van der Waals surface area contributed by atoms with E-state index in [2.05, 4.69) is 15.4 Å². The number of aromatic nitrogens is 4. The number of fused-ring (bicyclic) bond motifs is 1. The van der Waals surface area contributed by atoms with Crippen molar-refractivity contribution in [3.8, 4) is 0 Å². The zero-order valence-corrected chi connectivity index (χ0v) is 16.4. The summed E-state index contributed by atoms with van der Waals surface area (Å²) >= 11 is 0. The highest BCUT2D eigenvalue weighted by atomic mass is 19.1. The highest BCUT2D eigenvalue weighted by molar-refractivity contribution is 5.94. The molecule has 2 aromatic heterocycles. The van der Waals surface area contributed by atoms with Crippen LogP contribution in [-0.4, -0.2) is 31.8 Å². The van der Waals surface area contributed by atoms with Crippen molar-refractivity contribution < 1.29 is 9.18 Å². The molecule has 0 saturated heterocycles. The lowest BCUT2D eigenvalue weighted by molar-refractivity contribution is 0.0951. The summed E-state index contributed by atoms with van der Waals surface area (Å²) < 4.78 is 16.4. The van der Waals surface area contributed by atoms with E-state index in [1.54, 1.807) is 15.3 Å². The number of hydrogen-bond acceptors (Lipinski definition) is 4. The van der Waals surface area contributed by atoms with Crippen LogP contribution in [0, 0.1) is 12.7 Å².